The standard InChI is InChI=1S/C25H16BrClN4O9/c1-12-17(27)4-3-5-18(12)29-24(33)15(23(32)28-25(29)34)8-13-9-16(26)22(21(10-13)39-2)40-20-7-6-14(30(35)36)11-19(20)31(37)38/h3-11H,1-2H3,(H,28,32,34)/b15-8+. The number of nitro groups is 2. The van der Waals surface area contributed by atoms with Crippen LogP contribution in [-0.2, 0) is 9.59 Å². The minimum Gasteiger partial charge on any atom is -0.493 e. The summed E-state index contributed by atoms with van der Waals surface area (Å²) >= 11 is 9.44. The lowest BCUT2D eigenvalue weighted by Gasteiger charge is -2.27. The zero-order valence-electron chi connectivity index (χ0n) is 20.5. The van der Waals surface area contributed by atoms with Gasteiger partial charge in [0, 0.05) is 11.1 Å². The summed E-state index contributed by atoms with van der Waals surface area (Å²) in [7, 11) is 1.29. The number of methoxy groups -OCH3 is 1. The predicted molar refractivity (Wildman–Crippen MR) is 146 cm³/mol. The number of imide groups is 2. The van der Waals surface area contributed by atoms with Crippen molar-refractivity contribution in [3.05, 3.63) is 95.0 Å². The topological polar surface area (TPSA) is 171 Å². The number of halogens is 2. The first kappa shape index (κ1) is 28.2. The van der Waals surface area contributed by atoms with Crippen LogP contribution in [0.25, 0.3) is 6.08 Å². The molecule has 3 aromatic carbocycles. The summed E-state index contributed by atoms with van der Waals surface area (Å²) in [5.74, 6) is -2.10. The fraction of sp³-hybridized carbons (Fsp3) is 0.0800. The molecule has 0 atom stereocenters. The highest BCUT2D eigenvalue weighted by Gasteiger charge is 2.37. The summed E-state index contributed by atoms with van der Waals surface area (Å²) in [5, 5.41) is 25.0. The quantitative estimate of drug-likeness (QED) is 0.149. The molecule has 0 unspecified atom stereocenters. The Labute approximate surface area is 238 Å². The molecule has 13 nitrogen and oxygen atoms in total. The molecular formula is C25H16BrClN4O9. The van der Waals surface area contributed by atoms with Gasteiger partial charge in [-0.05, 0) is 70.4 Å². The number of nitrogens with zero attached hydrogens (tertiary/aromatic N) is 3. The van der Waals surface area contributed by atoms with E-state index in [1.54, 1.807) is 19.1 Å². The van der Waals surface area contributed by atoms with Crippen molar-refractivity contribution in [3.8, 4) is 17.2 Å². The molecule has 0 bridgehead atoms. The molecule has 0 spiro atoms. The number of non-ortho nitro benzene ring substituents is 1. The van der Waals surface area contributed by atoms with E-state index in [4.69, 9.17) is 21.1 Å². The van der Waals surface area contributed by atoms with E-state index in [0.29, 0.717) is 10.6 Å². The first-order chi connectivity index (χ1) is 18.9. The highest BCUT2D eigenvalue weighted by molar-refractivity contribution is 9.10. The molecule has 1 aliphatic heterocycles. The van der Waals surface area contributed by atoms with Crippen LogP contribution >= 0.6 is 27.5 Å². The number of ether oxygens (including phenoxy) is 2. The van der Waals surface area contributed by atoms with Gasteiger partial charge in [0.05, 0.1) is 33.2 Å². The van der Waals surface area contributed by atoms with E-state index < -0.39 is 39.1 Å². The number of anilines is 1. The number of amides is 4. The van der Waals surface area contributed by atoms with Crippen LogP contribution in [0.15, 0.2) is 58.6 Å². The number of urea groups is 1. The van der Waals surface area contributed by atoms with Crippen molar-refractivity contribution >= 4 is 68.5 Å². The third-order valence-corrected chi connectivity index (χ3v) is 6.71. The molecule has 0 aromatic heterocycles. The lowest BCUT2D eigenvalue weighted by atomic mass is 10.1. The van der Waals surface area contributed by atoms with Gasteiger partial charge in [-0.15, -0.1) is 0 Å². The zero-order valence-corrected chi connectivity index (χ0v) is 22.8. The number of rotatable bonds is 7. The van der Waals surface area contributed by atoms with Crippen LogP contribution in [0.4, 0.5) is 21.9 Å². The van der Waals surface area contributed by atoms with Crippen LogP contribution < -0.4 is 19.7 Å². The van der Waals surface area contributed by atoms with Gasteiger partial charge in [0.25, 0.3) is 17.5 Å². The molecule has 4 rings (SSSR count). The van der Waals surface area contributed by atoms with Crippen molar-refractivity contribution in [2.75, 3.05) is 12.0 Å². The van der Waals surface area contributed by atoms with Crippen LogP contribution in [-0.4, -0.2) is 34.8 Å². The van der Waals surface area contributed by atoms with E-state index in [9.17, 15) is 34.6 Å². The number of hydrogen-bond acceptors (Lipinski definition) is 9. The van der Waals surface area contributed by atoms with Gasteiger partial charge < -0.3 is 9.47 Å². The van der Waals surface area contributed by atoms with E-state index in [-0.39, 0.29) is 38.5 Å². The van der Waals surface area contributed by atoms with Gasteiger partial charge in [0.1, 0.15) is 5.57 Å². The first-order valence-corrected chi connectivity index (χ1v) is 12.2. The van der Waals surface area contributed by atoms with E-state index in [2.05, 4.69) is 21.2 Å². The predicted octanol–water partition coefficient (Wildman–Crippen LogP) is 5.69. The number of hydrogen-bond donors (Lipinski definition) is 1. The maximum Gasteiger partial charge on any atom is 0.335 e. The second kappa shape index (κ2) is 11.1. The van der Waals surface area contributed by atoms with Gasteiger partial charge in [-0.1, -0.05) is 17.7 Å². The van der Waals surface area contributed by atoms with Gasteiger partial charge in [0.2, 0.25) is 5.75 Å². The minimum atomic E-state index is -0.940. The molecule has 3 aromatic rings. The molecule has 204 valence electrons. The fourth-order valence-electron chi connectivity index (χ4n) is 3.76. The number of carbonyl (C=O) groups is 3. The van der Waals surface area contributed by atoms with Crippen molar-refractivity contribution in [2.24, 2.45) is 0 Å². The van der Waals surface area contributed by atoms with E-state index in [1.807, 2.05) is 0 Å². The Morgan fingerprint density at radius 2 is 1.75 bits per heavy atom. The van der Waals surface area contributed by atoms with E-state index in [1.165, 1.54) is 31.4 Å². The number of nitrogens with one attached hydrogen (secondary N) is 1. The summed E-state index contributed by atoms with van der Waals surface area (Å²) in [6, 6.07) is 9.42. The maximum atomic E-state index is 13.3. The van der Waals surface area contributed by atoms with Gasteiger partial charge >= 0.3 is 11.7 Å². The molecular weight excluding hydrogens is 616 g/mol. The second-order valence-electron chi connectivity index (χ2n) is 8.14. The maximum absolute atomic E-state index is 13.3. The van der Waals surface area contributed by atoms with Crippen LogP contribution in [0, 0.1) is 27.2 Å². The lowest BCUT2D eigenvalue weighted by molar-refractivity contribution is -0.394. The molecule has 1 fully saturated rings. The molecule has 40 heavy (non-hydrogen) atoms. The molecule has 0 aliphatic carbocycles. The Kier molecular flexibility index (Phi) is 7.84. The van der Waals surface area contributed by atoms with E-state index in [0.717, 1.165) is 23.1 Å². The average molecular weight is 632 g/mol. The highest BCUT2D eigenvalue weighted by atomic mass is 79.9. The van der Waals surface area contributed by atoms with Gasteiger partial charge in [-0.2, -0.15) is 0 Å². The summed E-state index contributed by atoms with van der Waals surface area (Å²) in [6.45, 7) is 1.62. The zero-order chi connectivity index (χ0) is 29.3. The van der Waals surface area contributed by atoms with Gasteiger partial charge in [-0.3, -0.25) is 35.1 Å². The largest absolute Gasteiger partial charge is 0.493 e. The molecule has 1 heterocycles. The molecule has 0 radical (unpaired) electrons. The average Bonchev–Trinajstić information content (AvgIpc) is 2.90. The highest BCUT2D eigenvalue weighted by Crippen LogP contribution is 2.43. The number of nitro benzene ring substituents is 2. The summed E-state index contributed by atoms with van der Waals surface area (Å²) < 4.78 is 11.2. The fourth-order valence-corrected chi connectivity index (χ4v) is 4.47. The van der Waals surface area contributed by atoms with Gasteiger partial charge in [-0.25, -0.2) is 9.69 Å². The monoisotopic (exact) mass is 630 g/mol. The number of barbiturate groups is 1. The van der Waals surface area contributed by atoms with Crippen LogP contribution in [0.2, 0.25) is 5.02 Å². The third kappa shape index (κ3) is 5.34. The summed E-state index contributed by atoms with van der Waals surface area (Å²) in [6.07, 6.45) is 1.22. The smallest absolute Gasteiger partial charge is 0.335 e. The number of carbonyl (C=O) groups excluding carboxylic acids is 3. The van der Waals surface area contributed by atoms with Crippen LogP contribution in [0.1, 0.15) is 11.1 Å². The van der Waals surface area contributed by atoms with Crippen molar-refractivity contribution in [3.63, 3.8) is 0 Å². The second-order valence-corrected chi connectivity index (χ2v) is 9.41. The normalized spacial score (nSPS) is 14.2. The van der Waals surface area contributed by atoms with Crippen molar-refractivity contribution in [1.82, 2.24) is 5.32 Å². The molecule has 4 amide bonds. The van der Waals surface area contributed by atoms with Crippen molar-refractivity contribution in [1.29, 1.82) is 0 Å². The Bertz CT molecular complexity index is 1660. The summed E-state index contributed by atoms with van der Waals surface area (Å²) in [5.41, 5.74) is -0.603. The molecule has 1 saturated heterocycles. The number of benzene rings is 3. The minimum absolute atomic E-state index is 0.0209. The Morgan fingerprint density at radius 1 is 1.02 bits per heavy atom. The van der Waals surface area contributed by atoms with E-state index >= 15 is 0 Å². The van der Waals surface area contributed by atoms with Crippen LogP contribution in [0.3, 0.4) is 0 Å². The molecule has 15 heteroatoms. The Morgan fingerprint density at radius 3 is 2.40 bits per heavy atom. The van der Waals surface area contributed by atoms with Crippen molar-refractivity contribution < 1.29 is 33.7 Å². The first-order valence-electron chi connectivity index (χ1n) is 11.1. The van der Waals surface area contributed by atoms with Crippen molar-refractivity contribution in [2.45, 2.75) is 6.92 Å². The Balaban J connectivity index is 1.74. The van der Waals surface area contributed by atoms with Crippen LogP contribution in [0.5, 0.6) is 17.2 Å². The van der Waals surface area contributed by atoms with Gasteiger partial charge in [0.15, 0.2) is 11.5 Å². The molecule has 0 saturated carbocycles. The third-order valence-electron chi connectivity index (χ3n) is 5.71. The summed E-state index contributed by atoms with van der Waals surface area (Å²) in [4.78, 5) is 60.2. The lowest BCUT2D eigenvalue weighted by Crippen LogP contribution is -2.54. The Hall–Kier alpha value is -4.82. The molecule has 1 aliphatic rings. The SMILES string of the molecule is COc1cc(/C=C2\C(=O)NC(=O)N(c3cccc(Cl)c3C)C2=O)cc(Br)c1Oc1ccc([N+](=O)[O-])cc1[N+](=O)[O-]. The molecule has 1 N–H and O–H groups in total.